The summed E-state index contributed by atoms with van der Waals surface area (Å²) in [5, 5.41) is 22.7. The Bertz CT molecular complexity index is 1440. The van der Waals surface area contributed by atoms with Crippen LogP contribution in [0.3, 0.4) is 0 Å². The lowest BCUT2D eigenvalue weighted by molar-refractivity contribution is -0.115. The van der Waals surface area contributed by atoms with E-state index in [2.05, 4.69) is 46.5 Å². The first kappa shape index (κ1) is 19.9. The number of benzene rings is 1. The minimum absolute atomic E-state index is 0.138. The molecule has 5 N–H and O–H groups in total. The number of hydrogen-bond donors (Lipinski definition) is 5. The second-order valence-corrected chi connectivity index (χ2v) is 8.09. The summed E-state index contributed by atoms with van der Waals surface area (Å²) >= 11 is 0. The van der Waals surface area contributed by atoms with Crippen molar-refractivity contribution in [2.45, 2.75) is 25.4 Å². The molecule has 0 unspecified atom stereocenters. The van der Waals surface area contributed by atoms with Gasteiger partial charge in [0.25, 0.3) is 5.91 Å². The fourth-order valence-electron chi connectivity index (χ4n) is 3.75. The number of urea groups is 1. The van der Waals surface area contributed by atoms with Gasteiger partial charge in [-0.3, -0.25) is 15.2 Å². The Morgan fingerprint density at radius 1 is 1.12 bits per heavy atom. The van der Waals surface area contributed by atoms with Crippen molar-refractivity contribution in [3.05, 3.63) is 59.7 Å². The topological polar surface area (TPSA) is 154 Å². The third kappa shape index (κ3) is 3.81. The van der Waals surface area contributed by atoms with Gasteiger partial charge < -0.3 is 16.0 Å². The van der Waals surface area contributed by atoms with Crippen LogP contribution < -0.4 is 21.3 Å². The molecular formula is C22H20N10O2. The number of fused-ring (bicyclic) bond motifs is 1. The molecule has 4 heterocycles. The molecule has 6 rings (SSSR count). The van der Waals surface area contributed by atoms with Gasteiger partial charge in [-0.15, -0.1) is 0 Å². The number of rotatable bonds is 7. The maximum absolute atomic E-state index is 12.0. The van der Waals surface area contributed by atoms with Crippen molar-refractivity contribution in [2.75, 3.05) is 10.6 Å². The third-order valence-corrected chi connectivity index (χ3v) is 5.59. The molecule has 1 aromatic carbocycles. The summed E-state index contributed by atoms with van der Waals surface area (Å²) in [5.41, 5.74) is 4.33. The molecule has 3 amide bonds. The first-order chi connectivity index (χ1) is 16.6. The molecule has 0 spiro atoms. The summed E-state index contributed by atoms with van der Waals surface area (Å²) in [5.74, 6) is 0.476. The van der Waals surface area contributed by atoms with E-state index in [0.717, 1.165) is 29.5 Å². The summed E-state index contributed by atoms with van der Waals surface area (Å²) in [7, 11) is 0. The number of nitrogens with zero attached hydrogens (tertiary/aromatic N) is 5. The van der Waals surface area contributed by atoms with Crippen molar-refractivity contribution < 1.29 is 9.59 Å². The third-order valence-electron chi connectivity index (χ3n) is 5.59. The van der Waals surface area contributed by atoms with Gasteiger partial charge in [-0.25, -0.2) is 4.79 Å². The van der Waals surface area contributed by atoms with E-state index in [1.807, 2.05) is 30.5 Å². The molecular weight excluding hydrogens is 436 g/mol. The molecule has 34 heavy (non-hydrogen) atoms. The number of amides is 3. The average Bonchev–Trinajstić information content (AvgIpc) is 3.20. The van der Waals surface area contributed by atoms with Crippen molar-refractivity contribution in [1.82, 2.24) is 40.4 Å². The van der Waals surface area contributed by atoms with E-state index < -0.39 is 11.9 Å². The van der Waals surface area contributed by atoms with E-state index in [0.29, 0.717) is 35.7 Å². The number of carbonyl (C=O) groups is 2. The zero-order valence-corrected chi connectivity index (χ0v) is 17.9. The van der Waals surface area contributed by atoms with Crippen LogP contribution in [0, 0.1) is 0 Å². The minimum atomic E-state index is -0.558. The number of H-pyrrole nitrogens is 1. The Kier molecular flexibility index (Phi) is 4.68. The Hall–Kier alpha value is -4.74. The number of hydrogen-bond acceptors (Lipinski definition) is 8. The molecule has 0 bridgehead atoms. The monoisotopic (exact) mass is 456 g/mol. The normalized spacial score (nSPS) is 16.6. The molecule has 1 saturated carbocycles. The zero-order valence-electron chi connectivity index (χ0n) is 17.9. The number of nitrogens with one attached hydrogen (secondary N) is 5. The molecule has 1 aliphatic heterocycles. The van der Waals surface area contributed by atoms with Crippen molar-refractivity contribution in [3.63, 3.8) is 0 Å². The van der Waals surface area contributed by atoms with Crippen LogP contribution in [0.25, 0.3) is 22.9 Å². The van der Waals surface area contributed by atoms with E-state index >= 15 is 0 Å². The van der Waals surface area contributed by atoms with Crippen LogP contribution >= 0.6 is 0 Å². The lowest BCUT2D eigenvalue weighted by Crippen LogP contribution is -2.22. The molecule has 4 aromatic rings. The first-order valence-corrected chi connectivity index (χ1v) is 10.8. The highest BCUT2D eigenvalue weighted by Gasteiger charge is 2.26. The summed E-state index contributed by atoms with van der Waals surface area (Å²) in [4.78, 5) is 32.7. The molecule has 1 saturated heterocycles. The summed E-state index contributed by atoms with van der Waals surface area (Å²) in [6.45, 7) is 0.490. The zero-order chi connectivity index (χ0) is 23.1. The van der Waals surface area contributed by atoms with Gasteiger partial charge in [-0.2, -0.15) is 24.7 Å². The summed E-state index contributed by atoms with van der Waals surface area (Å²) in [6.07, 6.45) is 8.90. The van der Waals surface area contributed by atoms with E-state index in [9.17, 15) is 9.59 Å². The highest BCUT2D eigenvalue weighted by molar-refractivity contribution is 6.14. The largest absolute Gasteiger partial charge is 0.351 e. The predicted octanol–water partition coefficient (Wildman–Crippen LogP) is 1.88. The number of anilines is 2. The molecule has 170 valence electrons. The van der Waals surface area contributed by atoms with Crippen LogP contribution in [0.2, 0.25) is 0 Å². The van der Waals surface area contributed by atoms with Crippen molar-refractivity contribution in [2.24, 2.45) is 0 Å². The molecule has 12 nitrogen and oxygen atoms in total. The Morgan fingerprint density at radius 3 is 2.76 bits per heavy atom. The molecule has 3 aromatic heterocycles. The molecule has 2 fully saturated rings. The van der Waals surface area contributed by atoms with Gasteiger partial charge in [-0.1, -0.05) is 24.3 Å². The lowest BCUT2D eigenvalue weighted by atomic mass is 10.0. The molecule has 0 radical (unpaired) electrons. The molecule has 12 heteroatoms. The molecule has 1 aliphatic carbocycles. The fourth-order valence-corrected chi connectivity index (χ4v) is 3.75. The van der Waals surface area contributed by atoms with Gasteiger partial charge in [0.05, 0.1) is 12.4 Å². The van der Waals surface area contributed by atoms with Crippen LogP contribution in [-0.4, -0.2) is 47.8 Å². The fraction of sp³-hybridized carbons (Fsp3) is 0.182. The number of aromatic amines is 1. The standard InChI is InChI=1S/C22H20N10O2/c33-19-17(28-22(34)30-19)7-13-11-26-32-18(13)29-20(31-21(32)27-15-5-6-15)23-8-12-3-1-2-4-16(12)14-9-24-25-10-14/h1-4,7,9-11,15H,5-6,8H2,(H,24,25)(H2,23,27,29,31)(H2,28,30,33,34)/b17-7-. The SMILES string of the molecule is O=C1NC(=O)/C(=C/c2cnn3c(NC4CC4)nc(NCc4ccccc4-c4cn[nH]c4)nc23)N1. The van der Waals surface area contributed by atoms with E-state index in [-0.39, 0.29) is 5.70 Å². The first-order valence-electron chi connectivity index (χ1n) is 10.8. The van der Waals surface area contributed by atoms with Crippen LogP contribution in [0.15, 0.2) is 48.6 Å². The van der Waals surface area contributed by atoms with Gasteiger partial charge in [0.15, 0.2) is 5.65 Å². The van der Waals surface area contributed by atoms with Gasteiger partial charge in [0, 0.05) is 29.9 Å². The highest BCUT2D eigenvalue weighted by Crippen LogP contribution is 2.27. The minimum Gasteiger partial charge on any atom is -0.351 e. The quantitative estimate of drug-likeness (QED) is 0.209. The second-order valence-electron chi connectivity index (χ2n) is 8.09. The van der Waals surface area contributed by atoms with E-state index in [4.69, 9.17) is 0 Å². The average molecular weight is 456 g/mol. The van der Waals surface area contributed by atoms with Crippen molar-refractivity contribution >= 4 is 35.6 Å². The van der Waals surface area contributed by atoms with Crippen LogP contribution in [0.1, 0.15) is 24.0 Å². The van der Waals surface area contributed by atoms with Gasteiger partial charge in [0.1, 0.15) is 5.70 Å². The number of aromatic nitrogens is 6. The smallest absolute Gasteiger partial charge is 0.326 e. The maximum Gasteiger partial charge on any atom is 0.326 e. The number of imide groups is 1. The predicted molar refractivity (Wildman–Crippen MR) is 123 cm³/mol. The van der Waals surface area contributed by atoms with Crippen molar-refractivity contribution in [3.8, 4) is 11.1 Å². The Balaban J connectivity index is 1.34. The van der Waals surface area contributed by atoms with Crippen LogP contribution in [0.5, 0.6) is 0 Å². The van der Waals surface area contributed by atoms with Crippen LogP contribution in [-0.2, 0) is 11.3 Å². The lowest BCUT2D eigenvalue weighted by Gasteiger charge is -2.12. The maximum atomic E-state index is 12.0. The Labute approximate surface area is 192 Å². The van der Waals surface area contributed by atoms with E-state index in [1.54, 1.807) is 23.0 Å². The Morgan fingerprint density at radius 2 is 2.00 bits per heavy atom. The van der Waals surface area contributed by atoms with Crippen molar-refractivity contribution in [1.29, 1.82) is 0 Å². The summed E-state index contributed by atoms with van der Waals surface area (Å²) < 4.78 is 1.60. The van der Waals surface area contributed by atoms with Crippen LogP contribution in [0.4, 0.5) is 16.7 Å². The summed E-state index contributed by atoms with van der Waals surface area (Å²) in [6, 6.07) is 7.82. The molecule has 2 aliphatic rings. The van der Waals surface area contributed by atoms with E-state index in [1.165, 1.54) is 0 Å². The number of carbonyl (C=O) groups excluding carboxylic acids is 2. The van der Waals surface area contributed by atoms with Gasteiger partial charge in [-0.05, 0) is 30.0 Å². The van der Waals surface area contributed by atoms with Gasteiger partial charge >= 0.3 is 6.03 Å². The second kappa shape index (κ2) is 7.99. The highest BCUT2D eigenvalue weighted by atomic mass is 16.2. The molecule has 0 atom stereocenters. The van der Waals surface area contributed by atoms with Gasteiger partial charge in [0.2, 0.25) is 11.9 Å².